The Bertz CT molecular complexity index is 734. The summed E-state index contributed by atoms with van der Waals surface area (Å²) in [5, 5.41) is 9.54. The van der Waals surface area contributed by atoms with E-state index in [4.69, 9.17) is 0 Å². The second-order valence-electron chi connectivity index (χ2n) is 4.22. The molecule has 0 spiro atoms. The molecule has 0 aliphatic carbocycles. The minimum Gasteiger partial charge on any atom is -0.507 e. The molecule has 0 fully saturated rings. The van der Waals surface area contributed by atoms with Crippen LogP contribution in [0.2, 0.25) is 0 Å². The zero-order chi connectivity index (χ0) is 12.7. The molecule has 4 heteroatoms. The minimum absolute atomic E-state index is 0.298. The third-order valence-corrected chi connectivity index (χ3v) is 3.80. The summed E-state index contributed by atoms with van der Waals surface area (Å²) >= 11 is 2.11. The number of rotatable bonds is 1. The normalized spacial score (nSPS) is 11.0. The van der Waals surface area contributed by atoms with Crippen molar-refractivity contribution in [3.05, 3.63) is 45.5 Å². The molecule has 3 aromatic rings. The molecule has 1 heterocycles. The Morgan fingerprint density at radius 2 is 2.06 bits per heavy atom. The molecular formula is C14H11IN2O. The van der Waals surface area contributed by atoms with E-state index in [-0.39, 0.29) is 0 Å². The Kier molecular flexibility index (Phi) is 2.74. The van der Waals surface area contributed by atoms with Crippen LogP contribution in [-0.4, -0.2) is 15.1 Å². The first-order chi connectivity index (χ1) is 8.65. The summed E-state index contributed by atoms with van der Waals surface area (Å²) in [6.45, 7) is 2.05. The summed E-state index contributed by atoms with van der Waals surface area (Å²) in [5.41, 5.74) is 4.17. The summed E-state index contributed by atoms with van der Waals surface area (Å²) in [6.07, 6.45) is 0. The maximum absolute atomic E-state index is 9.54. The van der Waals surface area contributed by atoms with Crippen LogP contribution < -0.4 is 0 Å². The van der Waals surface area contributed by atoms with Crippen LogP contribution in [0.25, 0.3) is 22.4 Å². The minimum atomic E-state index is 0.298. The zero-order valence-corrected chi connectivity index (χ0v) is 11.9. The Balaban J connectivity index is 2.19. The largest absolute Gasteiger partial charge is 0.507 e. The number of nitrogens with one attached hydrogen (secondary N) is 1. The van der Waals surface area contributed by atoms with E-state index in [1.807, 2.05) is 37.3 Å². The number of aromatic nitrogens is 2. The molecule has 3 rings (SSSR count). The third kappa shape index (κ3) is 1.86. The molecule has 0 saturated heterocycles. The summed E-state index contributed by atoms with van der Waals surface area (Å²) in [7, 11) is 0. The van der Waals surface area contributed by atoms with Gasteiger partial charge >= 0.3 is 0 Å². The number of phenols is 1. The van der Waals surface area contributed by atoms with Gasteiger partial charge in [0.25, 0.3) is 0 Å². The molecular weight excluding hydrogens is 339 g/mol. The van der Waals surface area contributed by atoms with Gasteiger partial charge in [0.2, 0.25) is 0 Å². The van der Waals surface area contributed by atoms with Crippen LogP contribution in [0.4, 0.5) is 0 Å². The molecule has 18 heavy (non-hydrogen) atoms. The topological polar surface area (TPSA) is 48.9 Å². The van der Waals surface area contributed by atoms with Gasteiger partial charge in [-0.1, -0.05) is 12.1 Å². The molecule has 2 N–H and O–H groups in total. The number of aromatic amines is 1. The summed E-state index contributed by atoms with van der Waals surface area (Å²) in [6, 6.07) is 11.6. The van der Waals surface area contributed by atoms with E-state index in [9.17, 15) is 5.11 Å². The molecule has 1 aromatic heterocycles. The highest BCUT2D eigenvalue weighted by atomic mass is 127. The zero-order valence-electron chi connectivity index (χ0n) is 9.74. The molecule has 0 amide bonds. The van der Waals surface area contributed by atoms with Gasteiger partial charge in [-0.3, -0.25) is 0 Å². The maximum atomic E-state index is 9.54. The van der Waals surface area contributed by atoms with E-state index in [1.165, 1.54) is 0 Å². The smallest absolute Gasteiger partial charge is 0.138 e. The van der Waals surface area contributed by atoms with Gasteiger partial charge in [-0.2, -0.15) is 0 Å². The SMILES string of the molecule is Cc1cccc2[nH]c(-c3ccc(O)c(I)c3)nc12. The van der Waals surface area contributed by atoms with Gasteiger partial charge in [-0.25, -0.2) is 4.98 Å². The van der Waals surface area contributed by atoms with E-state index < -0.39 is 0 Å². The molecule has 0 bridgehead atoms. The van der Waals surface area contributed by atoms with Crippen molar-refractivity contribution in [2.45, 2.75) is 6.92 Å². The maximum Gasteiger partial charge on any atom is 0.138 e. The second kappa shape index (κ2) is 4.28. The highest BCUT2D eigenvalue weighted by Crippen LogP contribution is 2.27. The number of nitrogens with zero attached hydrogens (tertiary/aromatic N) is 1. The fourth-order valence-electron chi connectivity index (χ4n) is 1.97. The fraction of sp³-hybridized carbons (Fsp3) is 0.0714. The van der Waals surface area contributed by atoms with E-state index in [0.717, 1.165) is 31.6 Å². The number of hydrogen-bond acceptors (Lipinski definition) is 2. The number of halogens is 1. The molecule has 0 unspecified atom stereocenters. The lowest BCUT2D eigenvalue weighted by molar-refractivity contribution is 0.471. The van der Waals surface area contributed by atoms with Gasteiger partial charge in [-0.05, 0) is 59.3 Å². The standard InChI is InChI=1S/C14H11IN2O/c1-8-3-2-4-11-13(8)17-14(16-11)9-5-6-12(18)10(15)7-9/h2-7,18H,1H3,(H,16,17). The van der Waals surface area contributed by atoms with Gasteiger partial charge in [0.1, 0.15) is 11.6 Å². The van der Waals surface area contributed by atoms with E-state index >= 15 is 0 Å². The summed E-state index contributed by atoms with van der Waals surface area (Å²) < 4.78 is 0.822. The quantitative estimate of drug-likeness (QED) is 0.655. The lowest BCUT2D eigenvalue weighted by Crippen LogP contribution is -1.82. The van der Waals surface area contributed by atoms with Crippen LogP contribution in [0.1, 0.15) is 5.56 Å². The van der Waals surface area contributed by atoms with Crippen LogP contribution in [-0.2, 0) is 0 Å². The number of aryl methyl sites for hydroxylation is 1. The predicted octanol–water partition coefficient (Wildman–Crippen LogP) is 3.85. The van der Waals surface area contributed by atoms with E-state index in [2.05, 4.69) is 32.6 Å². The number of phenolic OH excluding ortho intramolecular Hbond substituents is 1. The Hall–Kier alpha value is -1.56. The van der Waals surface area contributed by atoms with E-state index in [0.29, 0.717) is 5.75 Å². The molecule has 0 aliphatic rings. The van der Waals surface area contributed by atoms with Gasteiger partial charge in [0.15, 0.2) is 0 Å². The van der Waals surface area contributed by atoms with Crippen molar-refractivity contribution in [3.8, 4) is 17.1 Å². The van der Waals surface area contributed by atoms with Crippen LogP contribution in [0.15, 0.2) is 36.4 Å². The first-order valence-electron chi connectivity index (χ1n) is 5.59. The fourth-order valence-corrected chi connectivity index (χ4v) is 2.48. The first-order valence-corrected chi connectivity index (χ1v) is 6.67. The molecule has 0 aliphatic heterocycles. The lowest BCUT2D eigenvalue weighted by Gasteiger charge is -1.99. The van der Waals surface area contributed by atoms with Crippen molar-refractivity contribution in [2.24, 2.45) is 0 Å². The molecule has 90 valence electrons. The molecule has 2 aromatic carbocycles. The van der Waals surface area contributed by atoms with E-state index in [1.54, 1.807) is 6.07 Å². The Morgan fingerprint density at radius 3 is 2.78 bits per heavy atom. The van der Waals surface area contributed by atoms with Crippen LogP contribution in [0, 0.1) is 10.5 Å². The lowest BCUT2D eigenvalue weighted by atomic mass is 10.2. The molecule has 3 nitrogen and oxygen atoms in total. The van der Waals surface area contributed by atoms with Crippen LogP contribution in [0.5, 0.6) is 5.75 Å². The summed E-state index contributed by atoms with van der Waals surface area (Å²) in [4.78, 5) is 7.92. The van der Waals surface area contributed by atoms with Crippen molar-refractivity contribution >= 4 is 33.6 Å². The Labute approximate surface area is 118 Å². The first kappa shape index (κ1) is 11.5. The predicted molar refractivity (Wildman–Crippen MR) is 80.6 cm³/mol. The van der Waals surface area contributed by atoms with Gasteiger partial charge < -0.3 is 10.1 Å². The van der Waals surface area contributed by atoms with Crippen molar-refractivity contribution in [3.63, 3.8) is 0 Å². The van der Waals surface area contributed by atoms with Crippen molar-refractivity contribution in [1.29, 1.82) is 0 Å². The van der Waals surface area contributed by atoms with Gasteiger partial charge in [0, 0.05) is 5.56 Å². The van der Waals surface area contributed by atoms with Crippen molar-refractivity contribution in [1.82, 2.24) is 9.97 Å². The number of benzene rings is 2. The second-order valence-corrected chi connectivity index (χ2v) is 5.38. The molecule has 0 radical (unpaired) electrons. The third-order valence-electron chi connectivity index (χ3n) is 2.94. The number of para-hydroxylation sites is 1. The number of fused-ring (bicyclic) bond motifs is 1. The molecule has 0 atom stereocenters. The molecule has 0 saturated carbocycles. The van der Waals surface area contributed by atoms with Crippen LogP contribution in [0.3, 0.4) is 0 Å². The highest BCUT2D eigenvalue weighted by Gasteiger charge is 2.08. The van der Waals surface area contributed by atoms with Crippen molar-refractivity contribution < 1.29 is 5.11 Å². The Morgan fingerprint density at radius 1 is 1.22 bits per heavy atom. The summed E-state index contributed by atoms with van der Waals surface area (Å²) in [5.74, 6) is 1.13. The number of aromatic hydroxyl groups is 1. The van der Waals surface area contributed by atoms with Gasteiger partial charge in [-0.15, -0.1) is 0 Å². The van der Waals surface area contributed by atoms with Crippen molar-refractivity contribution in [2.75, 3.05) is 0 Å². The van der Waals surface area contributed by atoms with Gasteiger partial charge in [0.05, 0.1) is 14.6 Å². The number of hydrogen-bond donors (Lipinski definition) is 2. The average Bonchev–Trinajstić information content (AvgIpc) is 2.78. The van der Waals surface area contributed by atoms with Crippen LogP contribution >= 0.6 is 22.6 Å². The average molecular weight is 350 g/mol. The number of imidazole rings is 1. The highest BCUT2D eigenvalue weighted by molar-refractivity contribution is 14.1. The monoisotopic (exact) mass is 350 g/mol. The number of H-pyrrole nitrogens is 1.